The smallest absolute Gasteiger partial charge is 0.417 e. The van der Waals surface area contributed by atoms with Gasteiger partial charge in [-0.3, -0.25) is 9.78 Å². The summed E-state index contributed by atoms with van der Waals surface area (Å²) in [7, 11) is 0. The van der Waals surface area contributed by atoms with Gasteiger partial charge < -0.3 is 4.74 Å². The first-order valence-corrected chi connectivity index (χ1v) is 8.96. The van der Waals surface area contributed by atoms with E-state index in [4.69, 9.17) is 4.74 Å². The number of hydrogen-bond acceptors (Lipinski definition) is 4. The van der Waals surface area contributed by atoms with Gasteiger partial charge in [0.15, 0.2) is 0 Å². The average Bonchev–Trinajstić information content (AvgIpc) is 3.15. The molecule has 5 heteroatoms. The summed E-state index contributed by atoms with van der Waals surface area (Å²) >= 11 is 0. The highest BCUT2D eigenvalue weighted by Gasteiger charge is 2.37. The number of carbonyl (C=O) groups is 2. The molecule has 1 aromatic heterocycles. The lowest BCUT2D eigenvalue weighted by atomic mass is 10.0. The highest BCUT2D eigenvalue weighted by Crippen LogP contribution is 2.28. The SMILES string of the molecule is O=C(C=Cc1cccc(-c2cccnc2)c1)N1C(=O)OCC1c1ccccc1. The van der Waals surface area contributed by atoms with Crippen molar-refractivity contribution in [2.75, 3.05) is 6.61 Å². The van der Waals surface area contributed by atoms with Crippen molar-refractivity contribution in [3.63, 3.8) is 0 Å². The first-order valence-electron chi connectivity index (χ1n) is 8.96. The maximum absolute atomic E-state index is 12.7. The monoisotopic (exact) mass is 370 g/mol. The van der Waals surface area contributed by atoms with Gasteiger partial charge in [0.1, 0.15) is 12.6 Å². The highest BCUT2D eigenvalue weighted by molar-refractivity contribution is 6.02. The number of carbonyl (C=O) groups excluding carboxylic acids is 2. The van der Waals surface area contributed by atoms with Crippen molar-refractivity contribution in [1.29, 1.82) is 0 Å². The van der Waals surface area contributed by atoms with Crippen molar-refractivity contribution in [3.8, 4) is 11.1 Å². The first-order chi connectivity index (χ1) is 13.7. The van der Waals surface area contributed by atoms with Crippen molar-refractivity contribution in [2.45, 2.75) is 6.04 Å². The molecular weight excluding hydrogens is 352 g/mol. The lowest BCUT2D eigenvalue weighted by molar-refractivity contribution is -0.124. The molecule has 1 aliphatic heterocycles. The van der Waals surface area contributed by atoms with E-state index in [0.717, 1.165) is 27.2 Å². The molecule has 1 unspecified atom stereocenters. The molecule has 2 aromatic carbocycles. The van der Waals surface area contributed by atoms with Crippen LogP contribution in [0.1, 0.15) is 17.2 Å². The number of aromatic nitrogens is 1. The van der Waals surface area contributed by atoms with Crippen LogP contribution in [0, 0.1) is 0 Å². The summed E-state index contributed by atoms with van der Waals surface area (Å²) < 4.78 is 5.11. The number of nitrogens with zero attached hydrogens (tertiary/aromatic N) is 2. The number of amides is 2. The molecule has 0 aliphatic carbocycles. The van der Waals surface area contributed by atoms with E-state index in [-0.39, 0.29) is 6.61 Å². The number of pyridine rings is 1. The van der Waals surface area contributed by atoms with E-state index >= 15 is 0 Å². The summed E-state index contributed by atoms with van der Waals surface area (Å²) in [5.74, 6) is -0.400. The van der Waals surface area contributed by atoms with Crippen LogP contribution in [0.2, 0.25) is 0 Å². The van der Waals surface area contributed by atoms with Gasteiger partial charge in [-0.2, -0.15) is 0 Å². The largest absolute Gasteiger partial charge is 0.446 e. The van der Waals surface area contributed by atoms with Gasteiger partial charge in [-0.25, -0.2) is 9.69 Å². The standard InChI is InChI=1S/C23H18N2O3/c26-22(25-21(16-28-23(25)27)18-7-2-1-3-8-18)12-11-17-6-4-9-19(14-17)20-10-5-13-24-15-20/h1-15,21H,16H2. The number of imide groups is 1. The molecular formula is C23H18N2O3. The third kappa shape index (κ3) is 3.69. The van der Waals surface area contributed by atoms with Gasteiger partial charge in [-0.15, -0.1) is 0 Å². The molecule has 1 atom stereocenters. The summed E-state index contributed by atoms with van der Waals surface area (Å²) in [5.41, 5.74) is 3.73. The van der Waals surface area contributed by atoms with Gasteiger partial charge in [0, 0.05) is 24.0 Å². The van der Waals surface area contributed by atoms with E-state index in [9.17, 15) is 9.59 Å². The Morgan fingerprint density at radius 1 is 1.04 bits per heavy atom. The molecule has 3 aromatic rings. The third-order valence-electron chi connectivity index (χ3n) is 4.59. The second-order valence-corrected chi connectivity index (χ2v) is 6.41. The predicted molar refractivity (Wildman–Crippen MR) is 106 cm³/mol. The second-order valence-electron chi connectivity index (χ2n) is 6.41. The number of ether oxygens (including phenoxy) is 1. The van der Waals surface area contributed by atoms with Gasteiger partial charge in [-0.05, 0) is 34.9 Å². The Bertz CT molecular complexity index is 1020. The van der Waals surface area contributed by atoms with E-state index in [0.29, 0.717) is 0 Å². The van der Waals surface area contributed by atoms with Crippen LogP contribution in [0.15, 0.2) is 85.2 Å². The molecule has 1 aliphatic rings. The fourth-order valence-electron chi connectivity index (χ4n) is 3.19. The lowest BCUT2D eigenvalue weighted by Crippen LogP contribution is -2.32. The van der Waals surface area contributed by atoms with Gasteiger partial charge in [0.2, 0.25) is 0 Å². The van der Waals surface area contributed by atoms with E-state index in [1.54, 1.807) is 18.5 Å². The van der Waals surface area contributed by atoms with Crippen LogP contribution in [0.4, 0.5) is 4.79 Å². The Kier molecular flexibility index (Phi) is 4.97. The normalized spacial score (nSPS) is 16.4. The first kappa shape index (κ1) is 17.7. The van der Waals surface area contributed by atoms with Crippen LogP contribution in [0.25, 0.3) is 17.2 Å². The van der Waals surface area contributed by atoms with Crippen LogP contribution in [0.3, 0.4) is 0 Å². The molecule has 1 saturated heterocycles. The number of benzene rings is 2. The van der Waals surface area contributed by atoms with Gasteiger partial charge >= 0.3 is 6.09 Å². The van der Waals surface area contributed by atoms with Gasteiger partial charge in [-0.1, -0.05) is 54.6 Å². The number of hydrogen-bond donors (Lipinski definition) is 0. The molecule has 1 fully saturated rings. The minimum Gasteiger partial charge on any atom is -0.446 e. The molecule has 2 heterocycles. The Labute approximate surface area is 162 Å². The summed E-state index contributed by atoms with van der Waals surface area (Å²) in [4.78, 5) is 30.1. The van der Waals surface area contributed by atoms with Crippen LogP contribution < -0.4 is 0 Å². The van der Waals surface area contributed by atoms with Gasteiger partial charge in [0.05, 0.1) is 0 Å². The van der Waals surface area contributed by atoms with Gasteiger partial charge in [0.25, 0.3) is 5.91 Å². The fourth-order valence-corrected chi connectivity index (χ4v) is 3.19. The predicted octanol–water partition coefficient (Wildman–Crippen LogP) is 4.48. The molecule has 2 amide bonds. The summed E-state index contributed by atoms with van der Waals surface area (Å²) in [5, 5.41) is 0. The zero-order valence-corrected chi connectivity index (χ0v) is 15.1. The summed E-state index contributed by atoms with van der Waals surface area (Å²) in [6.07, 6.45) is 6.01. The number of rotatable bonds is 4. The molecule has 138 valence electrons. The minimum absolute atomic E-state index is 0.166. The average molecular weight is 370 g/mol. The Balaban J connectivity index is 1.54. The molecule has 0 saturated carbocycles. The second kappa shape index (κ2) is 7.88. The Morgan fingerprint density at radius 3 is 2.64 bits per heavy atom. The molecule has 0 radical (unpaired) electrons. The quantitative estimate of drug-likeness (QED) is 0.635. The fraction of sp³-hybridized carbons (Fsp3) is 0.0870. The van der Waals surface area contributed by atoms with Crippen molar-refractivity contribution < 1.29 is 14.3 Å². The maximum Gasteiger partial charge on any atom is 0.417 e. The van der Waals surface area contributed by atoms with Crippen molar-refractivity contribution in [2.24, 2.45) is 0 Å². The molecule has 0 N–H and O–H groups in total. The molecule has 0 spiro atoms. The number of cyclic esters (lactones) is 1. The summed E-state index contributed by atoms with van der Waals surface area (Å²) in [6.45, 7) is 0.166. The van der Waals surface area contributed by atoms with Crippen molar-refractivity contribution in [3.05, 3.63) is 96.3 Å². The van der Waals surface area contributed by atoms with E-state index < -0.39 is 18.0 Å². The molecule has 0 bridgehead atoms. The maximum atomic E-state index is 12.7. The zero-order chi connectivity index (χ0) is 19.3. The molecule has 5 nitrogen and oxygen atoms in total. The van der Waals surface area contributed by atoms with Crippen LogP contribution in [-0.4, -0.2) is 28.5 Å². The topological polar surface area (TPSA) is 59.5 Å². The van der Waals surface area contributed by atoms with E-state index in [1.165, 1.54) is 6.08 Å². The lowest BCUT2D eigenvalue weighted by Gasteiger charge is -2.18. The summed E-state index contributed by atoms with van der Waals surface area (Å²) in [6, 6.07) is 20.6. The minimum atomic E-state index is -0.618. The molecule has 4 rings (SSSR count). The third-order valence-corrected chi connectivity index (χ3v) is 4.59. The van der Waals surface area contributed by atoms with Crippen molar-refractivity contribution in [1.82, 2.24) is 9.88 Å². The molecule has 28 heavy (non-hydrogen) atoms. The zero-order valence-electron chi connectivity index (χ0n) is 15.1. The highest BCUT2D eigenvalue weighted by atomic mass is 16.6. The van der Waals surface area contributed by atoms with Crippen LogP contribution in [0.5, 0.6) is 0 Å². The van der Waals surface area contributed by atoms with Crippen LogP contribution >= 0.6 is 0 Å². The van der Waals surface area contributed by atoms with Crippen molar-refractivity contribution >= 4 is 18.1 Å². The Hall–Kier alpha value is -3.73. The van der Waals surface area contributed by atoms with E-state index in [1.807, 2.05) is 66.7 Å². The van der Waals surface area contributed by atoms with Crippen LogP contribution in [-0.2, 0) is 9.53 Å². The van der Waals surface area contributed by atoms with E-state index in [2.05, 4.69) is 4.98 Å². The Morgan fingerprint density at radius 2 is 1.86 bits per heavy atom.